The van der Waals surface area contributed by atoms with Crippen LogP contribution in [0.4, 0.5) is 4.79 Å². The summed E-state index contributed by atoms with van der Waals surface area (Å²) in [4.78, 5) is 36.5. The van der Waals surface area contributed by atoms with Gasteiger partial charge in [-0.15, -0.1) is 0 Å². The molecule has 0 saturated carbocycles. The first kappa shape index (κ1) is 22.9. The summed E-state index contributed by atoms with van der Waals surface area (Å²) in [5.41, 5.74) is 2.25. The zero-order valence-corrected chi connectivity index (χ0v) is 16.9. The third-order valence-electron chi connectivity index (χ3n) is 4.42. The van der Waals surface area contributed by atoms with Gasteiger partial charge in [-0.25, -0.2) is 14.4 Å². The van der Waals surface area contributed by atoms with Crippen LogP contribution >= 0.6 is 0 Å². The molecule has 4 N–H and O–H groups in total. The Morgan fingerprint density at radius 1 is 0.867 bits per heavy atom. The van der Waals surface area contributed by atoms with Gasteiger partial charge in [-0.05, 0) is 22.6 Å². The Hall–Kier alpha value is -3.39. The highest BCUT2D eigenvalue weighted by atomic mass is 16.4. The maximum Gasteiger partial charge on any atom is 0.334 e. The van der Waals surface area contributed by atoms with Crippen LogP contribution in [0.5, 0.6) is 0 Å². The lowest BCUT2D eigenvalue weighted by molar-refractivity contribution is -0.147. The van der Waals surface area contributed by atoms with Crippen molar-refractivity contribution in [3.8, 4) is 11.1 Å². The van der Waals surface area contributed by atoms with Crippen molar-refractivity contribution in [1.29, 1.82) is 0 Å². The van der Waals surface area contributed by atoms with Crippen molar-refractivity contribution in [2.75, 3.05) is 13.1 Å². The smallest absolute Gasteiger partial charge is 0.334 e. The summed E-state index contributed by atoms with van der Waals surface area (Å²) in [6, 6.07) is 14.3. The van der Waals surface area contributed by atoms with Crippen LogP contribution in [0.25, 0.3) is 11.1 Å². The lowest BCUT2D eigenvalue weighted by atomic mass is 10.0. The van der Waals surface area contributed by atoms with Gasteiger partial charge in [0.25, 0.3) is 0 Å². The first-order valence-electron chi connectivity index (χ1n) is 9.53. The summed E-state index contributed by atoms with van der Waals surface area (Å²) in [6.07, 6.45) is -1.76. The summed E-state index contributed by atoms with van der Waals surface area (Å²) < 4.78 is 0. The van der Waals surface area contributed by atoms with Gasteiger partial charge < -0.3 is 25.5 Å². The number of aliphatic carboxylic acids is 2. The van der Waals surface area contributed by atoms with Crippen LogP contribution in [0, 0.1) is 5.92 Å². The number of rotatable bonds is 9. The minimum Gasteiger partial charge on any atom is -0.479 e. The molecule has 2 atom stereocenters. The Bertz CT molecular complexity index is 867. The summed E-state index contributed by atoms with van der Waals surface area (Å²) in [5.74, 6) is -2.72. The fourth-order valence-electron chi connectivity index (χ4n) is 2.97. The van der Waals surface area contributed by atoms with Crippen molar-refractivity contribution < 1.29 is 29.7 Å². The van der Waals surface area contributed by atoms with Gasteiger partial charge in [0.15, 0.2) is 12.1 Å². The molecule has 30 heavy (non-hydrogen) atoms. The number of carboxylic acids is 2. The van der Waals surface area contributed by atoms with Gasteiger partial charge in [0.2, 0.25) is 0 Å². The minimum absolute atomic E-state index is 0.00909. The summed E-state index contributed by atoms with van der Waals surface area (Å²) in [5, 5.41) is 30.6. The van der Waals surface area contributed by atoms with Gasteiger partial charge in [0.1, 0.15) is 0 Å². The average Bonchev–Trinajstić information content (AvgIpc) is 2.71. The molecule has 2 rings (SSSR count). The van der Waals surface area contributed by atoms with Gasteiger partial charge in [0, 0.05) is 6.54 Å². The maximum atomic E-state index is 12.7. The number of nitrogens with zero attached hydrogens (tertiary/aromatic N) is 1. The highest BCUT2D eigenvalue weighted by Crippen LogP contribution is 2.22. The number of amides is 2. The van der Waals surface area contributed by atoms with E-state index in [9.17, 15) is 24.6 Å². The van der Waals surface area contributed by atoms with Crippen LogP contribution < -0.4 is 5.32 Å². The van der Waals surface area contributed by atoms with Gasteiger partial charge in [-0.1, -0.05) is 68.4 Å². The number of benzene rings is 2. The minimum atomic E-state index is -1.76. The third-order valence-corrected chi connectivity index (χ3v) is 4.42. The van der Waals surface area contributed by atoms with Crippen molar-refractivity contribution in [3.05, 3.63) is 60.2 Å². The number of aliphatic hydroxyl groups excluding tert-OH is 1. The van der Waals surface area contributed by atoms with Crippen molar-refractivity contribution in [2.24, 2.45) is 5.92 Å². The standard InChI is InChI=1S/C22H26N2O6/c1-14(2)12-24(13-18(25)20(26)27)22(30)23-19(21(28)29)17-10-8-16(9-11-17)15-6-4-3-5-7-15/h3-11,14,18-19,25H,12-13H2,1-2H3,(H,23,30)(H,26,27)(H,28,29). The molecule has 0 aliphatic rings. The Labute approximate surface area is 174 Å². The highest BCUT2D eigenvalue weighted by molar-refractivity contribution is 5.84. The van der Waals surface area contributed by atoms with E-state index >= 15 is 0 Å². The monoisotopic (exact) mass is 414 g/mol. The predicted molar refractivity (Wildman–Crippen MR) is 111 cm³/mol. The van der Waals surface area contributed by atoms with E-state index in [1.807, 2.05) is 44.2 Å². The quantitative estimate of drug-likeness (QED) is 0.499. The summed E-state index contributed by atoms with van der Waals surface area (Å²) >= 11 is 0. The number of urea groups is 1. The second kappa shape index (κ2) is 10.4. The number of carbonyl (C=O) groups excluding carboxylic acids is 1. The van der Waals surface area contributed by atoms with Crippen molar-refractivity contribution >= 4 is 18.0 Å². The topological polar surface area (TPSA) is 127 Å². The number of aliphatic hydroxyl groups is 1. The molecule has 2 amide bonds. The first-order chi connectivity index (χ1) is 14.2. The van der Waals surface area contributed by atoms with E-state index in [2.05, 4.69) is 5.32 Å². The third kappa shape index (κ3) is 6.31. The summed E-state index contributed by atoms with van der Waals surface area (Å²) in [7, 11) is 0. The first-order valence-corrected chi connectivity index (χ1v) is 9.53. The molecule has 0 heterocycles. The Morgan fingerprint density at radius 2 is 1.43 bits per heavy atom. The zero-order valence-electron chi connectivity index (χ0n) is 16.9. The van der Waals surface area contributed by atoms with Crippen LogP contribution in [0.15, 0.2) is 54.6 Å². The molecule has 2 unspecified atom stereocenters. The molecule has 0 spiro atoms. The van der Waals surface area contributed by atoms with Crippen LogP contribution in [-0.4, -0.2) is 57.4 Å². The molecule has 0 aliphatic carbocycles. The molecule has 8 heteroatoms. The number of carboxylic acid groups (broad SMARTS) is 2. The van der Waals surface area contributed by atoms with E-state index in [0.717, 1.165) is 16.0 Å². The molecule has 160 valence electrons. The van der Waals surface area contributed by atoms with E-state index in [1.54, 1.807) is 24.3 Å². The SMILES string of the molecule is CC(C)CN(CC(O)C(=O)O)C(=O)NC(C(=O)O)c1ccc(-c2ccccc2)cc1. The van der Waals surface area contributed by atoms with E-state index in [4.69, 9.17) is 5.11 Å². The Kier molecular flexibility index (Phi) is 7.94. The van der Waals surface area contributed by atoms with E-state index in [1.165, 1.54) is 0 Å². The molecule has 2 aromatic carbocycles. The van der Waals surface area contributed by atoms with E-state index in [-0.39, 0.29) is 12.5 Å². The molecular formula is C22H26N2O6. The van der Waals surface area contributed by atoms with Crippen molar-refractivity contribution in [2.45, 2.75) is 26.0 Å². The van der Waals surface area contributed by atoms with Gasteiger partial charge in [-0.2, -0.15) is 0 Å². The molecular weight excluding hydrogens is 388 g/mol. The predicted octanol–water partition coefficient (Wildman–Crippen LogP) is 2.59. The van der Waals surface area contributed by atoms with Gasteiger partial charge in [0.05, 0.1) is 6.54 Å². The fraction of sp³-hybridized carbons (Fsp3) is 0.318. The van der Waals surface area contributed by atoms with Crippen LogP contribution in [0.3, 0.4) is 0 Å². The van der Waals surface area contributed by atoms with Crippen LogP contribution in [-0.2, 0) is 9.59 Å². The molecule has 0 radical (unpaired) electrons. The van der Waals surface area contributed by atoms with Crippen LogP contribution in [0.2, 0.25) is 0 Å². The lowest BCUT2D eigenvalue weighted by Gasteiger charge is -2.27. The number of nitrogens with one attached hydrogen (secondary N) is 1. The maximum absolute atomic E-state index is 12.7. The number of hydrogen-bond donors (Lipinski definition) is 4. The van der Waals surface area contributed by atoms with Crippen LogP contribution in [0.1, 0.15) is 25.5 Å². The Morgan fingerprint density at radius 3 is 1.93 bits per heavy atom. The fourth-order valence-corrected chi connectivity index (χ4v) is 2.97. The average molecular weight is 414 g/mol. The van der Waals surface area contributed by atoms with E-state index < -0.39 is 36.7 Å². The lowest BCUT2D eigenvalue weighted by Crippen LogP contribution is -2.49. The number of hydrogen-bond acceptors (Lipinski definition) is 4. The van der Waals surface area contributed by atoms with Gasteiger partial charge >= 0.3 is 18.0 Å². The van der Waals surface area contributed by atoms with E-state index in [0.29, 0.717) is 5.56 Å². The van der Waals surface area contributed by atoms with Gasteiger partial charge in [-0.3, -0.25) is 0 Å². The number of carbonyl (C=O) groups is 3. The van der Waals surface area contributed by atoms with Crippen molar-refractivity contribution in [3.63, 3.8) is 0 Å². The molecule has 0 aliphatic heterocycles. The second-order valence-corrected chi connectivity index (χ2v) is 7.36. The molecule has 0 bridgehead atoms. The molecule has 0 fully saturated rings. The zero-order chi connectivity index (χ0) is 22.3. The largest absolute Gasteiger partial charge is 0.479 e. The van der Waals surface area contributed by atoms with Crippen molar-refractivity contribution in [1.82, 2.24) is 10.2 Å². The molecule has 0 aromatic heterocycles. The molecule has 0 saturated heterocycles. The molecule has 8 nitrogen and oxygen atoms in total. The molecule has 2 aromatic rings. The summed E-state index contributed by atoms with van der Waals surface area (Å²) in [6.45, 7) is 3.36. The Balaban J connectivity index is 2.19. The highest BCUT2D eigenvalue weighted by Gasteiger charge is 2.28. The normalized spacial score (nSPS) is 12.8. The second-order valence-electron chi connectivity index (χ2n) is 7.36.